The zero-order chi connectivity index (χ0) is 15.0. The molecule has 1 aliphatic rings. The molecular formula is C15H16FN3O2. The fraction of sp³-hybridized carbons (Fsp3) is 0.333. The summed E-state index contributed by atoms with van der Waals surface area (Å²) < 4.78 is 13.5. The molecule has 2 N–H and O–H groups in total. The summed E-state index contributed by atoms with van der Waals surface area (Å²) in [4.78, 5) is 28.8. The van der Waals surface area contributed by atoms with Crippen molar-refractivity contribution in [3.63, 3.8) is 0 Å². The number of nitrogens with one attached hydrogen (secondary N) is 2. The molecule has 5 nitrogen and oxygen atoms in total. The van der Waals surface area contributed by atoms with Crippen LogP contribution in [-0.2, 0) is 4.79 Å². The molecule has 2 aromatic rings. The Balaban J connectivity index is 2.21. The average molecular weight is 289 g/mol. The number of halogens is 1. The van der Waals surface area contributed by atoms with Gasteiger partial charge >= 0.3 is 0 Å². The van der Waals surface area contributed by atoms with E-state index in [2.05, 4.69) is 10.3 Å². The summed E-state index contributed by atoms with van der Waals surface area (Å²) in [6.45, 7) is 2.85. The van der Waals surface area contributed by atoms with Gasteiger partial charge in [-0.25, -0.2) is 4.39 Å². The molecule has 0 radical (unpaired) electrons. The molecule has 0 spiro atoms. The van der Waals surface area contributed by atoms with Crippen LogP contribution in [-0.4, -0.2) is 29.9 Å². The van der Waals surface area contributed by atoms with Crippen LogP contribution in [0.4, 0.5) is 10.1 Å². The molecule has 3 rings (SSSR count). The van der Waals surface area contributed by atoms with Gasteiger partial charge in [-0.2, -0.15) is 0 Å². The molecular weight excluding hydrogens is 273 g/mol. The molecule has 1 fully saturated rings. The van der Waals surface area contributed by atoms with Crippen LogP contribution < -0.4 is 10.2 Å². The Morgan fingerprint density at radius 3 is 2.95 bits per heavy atom. The maximum absolute atomic E-state index is 13.5. The summed E-state index contributed by atoms with van der Waals surface area (Å²) >= 11 is 0. The Hall–Kier alpha value is -2.37. The van der Waals surface area contributed by atoms with Crippen LogP contribution in [0.25, 0.3) is 10.9 Å². The lowest BCUT2D eigenvalue weighted by molar-refractivity contribution is -0.117. The first-order valence-corrected chi connectivity index (χ1v) is 7.01. The van der Waals surface area contributed by atoms with Crippen LogP contribution in [0.15, 0.2) is 18.2 Å². The Labute approximate surface area is 121 Å². The number of rotatable bonds is 3. The van der Waals surface area contributed by atoms with Crippen LogP contribution in [0.3, 0.4) is 0 Å². The van der Waals surface area contributed by atoms with Gasteiger partial charge < -0.3 is 15.2 Å². The highest BCUT2D eigenvalue weighted by molar-refractivity contribution is 6.13. The number of amides is 2. The van der Waals surface area contributed by atoms with E-state index < -0.39 is 5.82 Å². The van der Waals surface area contributed by atoms with Crippen molar-refractivity contribution in [3.8, 4) is 0 Å². The summed E-state index contributed by atoms with van der Waals surface area (Å²) in [5, 5.41) is 3.28. The van der Waals surface area contributed by atoms with Crippen molar-refractivity contribution in [2.45, 2.75) is 19.8 Å². The zero-order valence-corrected chi connectivity index (χ0v) is 11.7. The number of nitrogens with zero attached hydrogens (tertiary/aromatic N) is 1. The molecule has 0 aliphatic carbocycles. The van der Waals surface area contributed by atoms with E-state index in [9.17, 15) is 14.0 Å². The van der Waals surface area contributed by atoms with E-state index in [1.54, 1.807) is 11.0 Å². The fourth-order valence-electron chi connectivity index (χ4n) is 2.73. The van der Waals surface area contributed by atoms with Gasteiger partial charge in [0.2, 0.25) is 5.91 Å². The van der Waals surface area contributed by atoms with Crippen LogP contribution in [0, 0.1) is 5.82 Å². The number of aromatic nitrogens is 1. The molecule has 0 saturated carbocycles. The van der Waals surface area contributed by atoms with Crippen molar-refractivity contribution in [1.82, 2.24) is 10.3 Å². The standard InChI is InChI=1S/C15H16FN3O2/c1-2-17-15(21)13-14(19-7-3-4-12(19)20)10-8-9(16)5-6-11(10)18-13/h5-6,8,18H,2-4,7H2,1H3,(H,17,21). The Kier molecular flexibility index (Phi) is 3.37. The number of hydrogen-bond acceptors (Lipinski definition) is 2. The number of aromatic amines is 1. The van der Waals surface area contributed by atoms with E-state index in [1.807, 2.05) is 6.92 Å². The predicted molar refractivity (Wildman–Crippen MR) is 77.9 cm³/mol. The van der Waals surface area contributed by atoms with Gasteiger partial charge in [-0.1, -0.05) is 0 Å². The van der Waals surface area contributed by atoms with Crippen molar-refractivity contribution in [3.05, 3.63) is 29.7 Å². The second-order valence-corrected chi connectivity index (χ2v) is 5.05. The molecule has 1 aliphatic heterocycles. The molecule has 1 aromatic carbocycles. The van der Waals surface area contributed by atoms with Crippen LogP contribution in [0.2, 0.25) is 0 Å². The Bertz CT molecular complexity index is 723. The number of anilines is 1. The first kappa shape index (κ1) is 13.6. The summed E-state index contributed by atoms with van der Waals surface area (Å²) in [7, 11) is 0. The summed E-state index contributed by atoms with van der Waals surface area (Å²) in [5.74, 6) is -0.716. The monoisotopic (exact) mass is 289 g/mol. The molecule has 110 valence electrons. The van der Waals surface area contributed by atoms with Gasteiger partial charge in [0.1, 0.15) is 11.5 Å². The third kappa shape index (κ3) is 2.26. The lowest BCUT2D eigenvalue weighted by Crippen LogP contribution is -2.29. The molecule has 0 atom stereocenters. The van der Waals surface area contributed by atoms with Crippen molar-refractivity contribution < 1.29 is 14.0 Å². The number of hydrogen-bond donors (Lipinski definition) is 2. The van der Waals surface area contributed by atoms with Crippen LogP contribution in [0.1, 0.15) is 30.3 Å². The van der Waals surface area contributed by atoms with E-state index in [0.29, 0.717) is 41.8 Å². The summed E-state index contributed by atoms with van der Waals surface area (Å²) in [6, 6.07) is 4.27. The van der Waals surface area contributed by atoms with Crippen LogP contribution >= 0.6 is 0 Å². The fourth-order valence-corrected chi connectivity index (χ4v) is 2.73. The molecule has 2 heterocycles. The van der Waals surface area contributed by atoms with Crippen molar-refractivity contribution in [2.75, 3.05) is 18.0 Å². The molecule has 0 bridgehead atoms. The maximum atomic E-state index is 13.5. The molecule has 6 heteroatoms. The molecule has 21 heavy (non-hydrogen) atoms. The SMILES string of the molecule is CCNC(=O)c1[nH]c2ccc(F)cc2c1N1CCCC1=O. The second-order valence-electron chi connectivity index (χ2n) is 5.05. The first-order valence-electron chi connectivity index (χ1n) is 7.01. The normalized spacial score (nSPS) is 15.0. The van der Waals surface area contributed by atoms with Crippen molar-refractivity contribution >= 4 is 28.4 Å². The largest absolute Gasteiger partial charge is 0.351 e. The lowest BCUT2D eigenvalue weighted by Gasteiger charge is -2.16. The third-order valence-corrected chi connectivity index (χ3v) is 3.64. The van der Waals surface area contributed by atoms with Crippen molar-refractivity contribution in [2.24, 2.45) is 0 Å². The highest BCUT2D eigenvalue weighted by atomic mass is 19.1. The maximum Gasteiger partial charge on any atom is 0.269 e. The third-order valence-electron chi connectivity index (χ3n) is 3.64. The minimum Gasteiger partial charge on any atom is -0.351 e. The van der Waals surface area contributed by atoms with E-state index >= 15 is 0 Å². The minimum atomic E-state index is -0.392. The van der Waals surface area contributed by atoms with Gasteiger partial charge in [0.15, 0.2) is 0 Å². The number of benzene rings is 1. The number of carbonyl (C=O) groups excluding carboxylic acids is 2. The lowest BCUT2D eigenvalue weighted by atomic mass is 10.2. The highest BCUT2D eigenvalue weighted by Crippen LogP contribution is 2.34. The van der Waals surface area contributed by atoms with Crippen molar-refractivity contribution in [1.29, 1.82) is 0 Å². The summed E-state index contributed by atoms with van der Waals surface area (Å²) in [5.41, 5.74) is 1.44. The smallest absolute Gasteiger partial charge is 0.269 e. The predicted octanol–water partition coefficient (Wildman–Crippen LogP) is 2.18. The first-order chi connectivity index (χ1) is 10.1. The molecule has 2 amide bonds. The number of carbonyl (C=O) groups is 2. The quantitative estimate of drug-likeness (QED) is 0.909. The van der Waals surface area contributed by atoms with Gasteiger partial charge in [0, 0.05) is 30.4 Å². The van der Waals surface area contributed by atoms with E-state index in [1.165, 1.54) is 12.1 Å². The number of fused-ring (bicyclic) bond motifs is 1. The molecule has 1 aromatic heterocycles. The van der Waals surface area contributed by atoms with E-state index in [0.717, 1.165) is 6.42 Å². The van der Waals surface area contributed by atoms with Crippen LogP contribution in [0.5, 0.6) is 0 Å². The molecule has 0 unspecified atom stereocenters. The van der Waals surface area contributed by atoms with Gasteiger partial charge in [-0.15, -0.1) is 0 Å². The number of H-pyrrole nitrogens is 1. The van der Waals surface area contributed by atoms with Gasteiger partial charge in [0.05, 0.1) is 5.69 Å². The summed E-state index contributed by atoms with van der Waals surface area (Å²) in [6.07, 6.45) is 1.20. The van der Waals surface area contributed by atoms with Gasteiger partial charge in [-0.3, -0.25) is 9.59 Å². The molecule has 1 saturated heterocycles. The Morgan fingerprint density at radius 2 is 2.29 bits per heavy atom. The van der Waals surface area contributed by atoms with Gasteiger partial charge in [-0.05, 0) is 31.5 Å². The van der Waals surface area contributed by atoms with E-state index in [-0.39, 0.29) is 11.8 Å². The van der Waals surface area contributed by atoms with Gasteiger partial charge in [0.25, 0.3) is 5.91 Å². The topological polar surface area (TPSA) is 65.2 Å². The Morgan fingerprint density at radius 1 is 1.48 bits per heavy atom. The average Bonchev–Trinajstić information content (AvgIpc) is 3.02. The van der Waals surface area contributed by atoms with E-state index in [4.69, 9.17) is 0 Å². The highest BCUT2D eigenvalue weighted by Gasteiger charge is 2.29. The second kappa shape index (κ2) is 5.20. The zero-order valence-electron chi connectivity index (χ0n) is 11.7. The minimum absolute atomic E-state index is 0.0364.